The molecular formula is C48H33NO2. The van der Waals surface area contributed by atoms with E-state index in [1.54, 1.807) is 0 Å². The maximum Gasteiger partial charge on any atom is 0.143 e. The molecule has 0 N–H and O–H groups in total. The third-order valence-electron chi connectivity index (χ3n) is 10.3. The van der Waals surface area contributed by atoms with E-state index in [-0.39, 0.29) is 5.92 Å². The molecule has 0 bridgehead atoms. The molecule has 10 rings (SSSR count). The van der Waals surface area contributed by atoms with Crippen molar-refractivity contribution in [1.82, 2.24) is 0 Å². The molecule has 3 nitrogen and oxygen atoms in total. The molecule has 0 saturated heterocycles. The van der Waals surface area contributed by atoms with Gasteiger partial charge in [-0.1, -0.05) is 133 Å². The first kappa shape index (κ1) is 29.3. The zero-order valence-corrected chi connectivity index (χ0v) is 27.9. The lowest BCUT2D eigenvalue weighted by Gasteiger charge is -2.26. The van der Waals surface area contributed by atoms with E-state index in [0.29, 0.717) is 0 Å². The topological polar surface area (TPSA) is 25.6 Å². The highest BCUT2D eigenvalue weighted by Crippen LogP contribution is 2.48. The van der Waals surface area contributed by atoms with E-state index in [4.69, 9.17) is 9.15 Å². The predicted molar refractivity (Wildman–Crippen MR) is 210 cm³/mol. The SMILES string of the molecule is C1=CC(c2ccc(N(c3ccc(-c4ccccc4)cc3)c3ccc(-c4cccc5c4oc4ccccc45)cc3)cc2)=C2Oc3ccccc3C2C1. The van der Waals surface area contributed by atoms with Crippen LogP contribution in [0.1, 0.15) is 23.5 Å². The van der Waals surface area contributed by atoms with Crippen LogP contribution in [0.15, 0.2) is 192 Å². The molecule has 2 heterocycles. The highest BCUT2D eigenvalue weighted by Gasteiger charge is 2.32. The number of nitrogens with zero attached hydrogens (tertiary/aromatic N) is 1. The van der Waals surface area contributed by atoms with Crippen molar-refractivity contribution in [2.24, 2.45) is 0 Å². The Hall–Kier alpha value is -6.58. The van der Waals surface area contributed by atoms with Gasteiger partial charge in [-0.25, -0.2) is 0 Å². The fourth-order valence-corrected chi connectivity index (χ4v) is 7.75. The van der Waals surface area contributed by atoms with E-state index in [1.807, 2.05) is 18.2 Å². The third kappa shape index (κ3) is 5.05. The summed E-state index contributed by atoms with van der Waals surface area (Å²) in [4.78, 5) is 2.32. The molecule has 1 aromatic heterocycles. The third-order valence-corrected chi connectivity index (χ3v) is 10.3. The second kappa shape index (κ2) is 12.1. The Labute approximate surface area is 297 Å². The molecule has 8 aromatic rings. The lowest BCUT2D eigenvalue weighted by atomic mass is 9.87. The molecule has 1 atom stereocenters. The molecule has 0 radical (unpaired) electrons. The summed E-state index contributed by atoms with van der Waals surface area (Å²) in [6.07, 6.45) is 5.45. The van der Waals surface area contributed by atoms with Crippen molar-refractivity contribution in [3.63, 3.8) is 0 Å². The van der Waals surface area contributed by atoms with Gasteiger partial charge in [0.05, 0.1) is 0 Å². The van der Waals surface area contributed by atoms with Gasteiger partial charge in [0.2, 0.25) is 0 Å². The van der Waals surface area contributed by atoms with Crippen molar-refractivity contribution in [3.05, 3.63) is 199 Å². The van der Waals surface area contributed by atoms with Crippen LogP contribution in [0, 0.1) is 0 Å². The van der Waals surface area contributed by atoms with E-state index in [9.17, 15) is 0 Å². The summed E-state index contributed by atoms with van der Waals surface area (Å²) in [6, 6.07) is 60.1. The second-order valence-corrected chi connectivity index (χ2v) is 13.2. The quantitative estimate of drug-likeness (QED) is 0.178. The number of hydrogen-bond donors (Lipinski definition) is 0. The Morgan fingerprint density at radius 2 is 1.10 bits per heavy atom. The van der Waals surface area contributed by atoms with Crippen LogP contribution in [0.5, 0.6) is 5.75 Å². The number of furan rings is 1. The summed E-state index contributed by atoms with van der Waals surface area (Å²) in [6.45, 7) is 0. The first-order valence-electron chi connectivity index (χ1n) is 17.5. The highest BCUT2D eigenvalue weighted by molar-refractivity contribution is 6.09. The molecule has 0 amide bonds. The number of fused-ring (bicyclic) bond motifs is 6. The number of para-hydroxylation sites is 3. The Kier molecular flexibility index (Phi) is 6.95. The zero-order valence-electron chi connectivity index (χ0n) is 27.9. The van der Waals surface area contributed by atoms with Gasteiger partial charge in [0, 0.05) is 50.5 Å². The Morgan fingerprint density at radius 1 is 0.490 bits per heavy atom. The Morgan fingerprint density at radius 3 is 1.86 bits per heavy atom. The maximum absolute atomic E-state index is 6.44. The van der Waals surface area contributed by atoms with Gasteiger partial charge in [-0.15, -0.1) is 0 Å². The lowest BCUT2D eigenvalue weighted by Crippen LogP contribution is -2.10. The summed E-state index contributed by atoms with van der Waals surface area (Å²) in [5, 5.41) is 2.27. The Balaban J connectivity index is 1.03. The van der Waals surface area contributed by atoms with Crippen LogP contribution in [0.2, 0.25) is 0 Å². The van der Waals surface area contributed by atoms with Crippen LogP contribution >= 0.6 is 0 Å². The molecule has 0 fully saturated rings. The van der Waals surface area contributed by atoms with Crippen molar-refractivity contribution in [3.8, 4) is 28.0 Å². The molecule has 7 aromatic carbocycles. The van der Waals surface area contributed by atoms with Crippen molar-refractivity contribution < 1.29 is 9.15 Å². The minimum Gasteiger partial charge on any atom is -0.460 e. The van der Waals surface area contributed by atoms with Gasteiger partial charge < -0.3 is 14.1 Å². The first-order valence-corrected chi connectivity index (χ1v) is 17.5. The number of ether oxygens (including phenoxy) is 1. The Bertz CT molecular complexity index is 2610. The fourth-order valence-electron chi connectivity index (χ4n) is 7.75. The molecule has 3 heteroatoms. The summed E-state index contributed by atoms with van der Waals surface area (Å²) in [7, 11) is 0. The van der Waals surface area contributed by atoms with E-state index < -0.39 is 0 Å². The fraction of sp³-hybridized carbons (Fsp3) is 0.0417. The van der Waals surface area contributed by atoms with Gasteiger partial charge >= 0.3 is 0 Å². The number of anilines is 3. The number of benzene rings is 7. The molecular weight excluding hydrogens is 623 g/mol. The summed E-state index contributed by atoms with van der Waals surface area (Å²) in [5.74, 6) is 2.29. The van der Waals surface area contributed by atoms with Crippen LogP contribution < -0.4 is 9.64 Å². The minimum atomic E-state index is 0.268. The van der Waals surface area contributed by atoms with Crippen molar-refractivity contribution in [2.75, 3.05) is 4.90 Å². The number of hydrogen-bond acceptors (Lipinski definition) is 3. The number of rotatable bonds is 6. The molecule has 0 spiro atoms. The van der Waals surface area contributed by atoms with Crippen LogP contribution in [-0.2, 0) is 0 Å². The van der Waals surface area contributed by atoms with E-state index in [0.717, 1.165) is 79.2 Å². The second-order valence-electron chi connectivity index (χ2n) is 13.2. The van der Waals surface area contributed by atoms with Gasteiger partial charge in [-0.05, 0) is 77.2 Å². The van der Waals surface area contributed by atoms with Gasteiger partial charge in [0.1, 0.15) is 22.7 Å². The van der Waals surface area contributed by atoms with Crippen LogP contribution in [0.3, 0.4) is 0 Å². The summed E-state index contributed by atoms with van der Waals surface area (Å²) < 4.78 is 12.8. The standard InChI is InChI=1S/C48H33NO2/c1-2-10-32(11-3-1)33-20-26-36(27-21-33)49(37-28-22-34(23-29-37)39-14-8-16-43-41-12-4-6-18-45(41)50-47(39)43)38-30-24-35(25-31-38)40-15-9-17-44-42-13-5-7-19-46(42)51-48(40)44/h1-16,18-31,44H,17H2. The van der Waals surface area contributed by atoms with Crippen molar-refractivity contribution in [1.29, 1.82) is 0 Å². The van der Waals surface area contributed by atoms with Crippen LogP contribution in [-0.4, -0.2) is 0 Å². The molecule has 0 saturated carbocycles. The van der Waals surface area contributed by atoms with Crippen molar-refractivity contribution in [2.45, 2.75) is 12.3 Å². The van der Waals surface area contributed by atoms with Crippen LogP contribution in [0.4, 0.5) is 17.1 Å². The van der Waals surface area contributed by atoms with Crippen molar-refractivity contribution >= 4 is 44.6 Å². The monoisotopic (exact) mass is 655 g/mol. The average molecular weight is 656 g/mol. The van der Waals surface area contributed by atoms with Crippen LogP contribution in [0.25, 0.3) is 49.8 Å². The van der Waals surface area contributed by atoms with E-state index >= 15 is 0 Å². The molecule has 1 aliphatic heterocycles. The zero-order chi connectivity index (χ0) is 33.7. The van der Waals surface area contributed by atoms with Gasteiger partial charge in [0.15, 0.2) is 0 Å². The molecule has 1 unspecified atom stereocenters. The van der Waals surface area contributed by atoms with Gasteiger partial charge in [-0.3, -0.25) is 0 Å². The van der Waals surface area contributed by atoms with E-state index in [2.05, 4.69) is 169 Å². The smallest absolute Gasteiger partial charge is 0.143 e. The molecule has 242 valence electrons. The molecule has 51 heavy (non-hydrogen) atoms. The molecule has 1 aliphatic carbocycles. The summed E-state index contributed by atoms with van der Waals surface area (Å²) >= 11 is 0. The van der Waals surface area contributed by atoms with Gasteiger partial charge in [0.25, 0.3) is 0 Å². The number of allylic oxidation sites excluding steroid dienone is 4. The van der Waals surface area contributed by atoms with E-state index in [1.165, 1.54) is 16.7 Å². The molecule has 2 aliphatic rings. The summed E-state index contributed by atoms with van der Waals surface area (Å²) in [5.41, 5.74) is 13.2. The largest absolute Gasteiger partial charge is 0.460 e. The maximum atomic E-state index is 6.44. The lowest BCUT2D eigenvalue weighted by molar-refractivity contribution is 0.429. The van der Waals surface area contributed by atoms with Gasteiger partial charge in [-0.2, -0.15) is 0 Å². The average Bonchev–Trinajstić information content (AvgIpc) is 3.78. The normalized spacial score (nSPS) is 14.8. The highest BCUT2D eigenvalue weighted by atomic mass is 16.5. The first-order chi connectivity index (χ1) is 25.3. The predicted octanol–water partition coefficient (Wildman–Crippen LogP) is 13.2. The minimum absolute atomic E-state index is 0.268.